The number of anilines is 1. The summed E-state index contributed by atoms with van der Waals surface area (Å²) in [4.78, 5) is 13.2. The molecule has 0 bridgehead atoms. The van der Waals surface area contributed by atoms with Crippen molar-refractivity contribution in [2.75, 3.05) is 38.3 Å². The molecule has 0 aromatic heterocycles. The number of hydrogen-bond acceptors (Lipinski definition) is 4. The van der Waals surface area contributed by atoms with Gasteiger partial charge in [-0.05, 0) is 62.0 Å². The van der Waals surface area contributed by atoms with Crippen molar-refractivity contribution < 1.29 is 14.3 Å². The largest absolute Gasteiger partial charge is 0.491 e. The van der Waals surface area contributed by atoms with E-state index < -0.39 is 0 Å². The lowest BCUT2D eigenvalue weighted by Gasteiger charge is -2.46. The first-order chi connectivity index (χ1) is 12.6. The number of halogens is 1. The van der Waals surface area contributed by atoms with Gasteiger partial charge in [-0.3, -0.25) is 0 Å². The Kier molecular flexibility index (Phi) is 6.82. The van der Waals surface area contributed by atoms with Gasteiger partial charge < -0.3 is 19.2 Å². The lowest BCUT2D eigenvalue weighted by atomic mass is 9.65. The molecule has 4 nitrogen and oxygen atoms in total. The van der Waals surface area contributed by atoms with Crippen molar-refractivity contribution in [2.24, 2.45) is 11.3 Å². The number of ether oxygens (including phenoxy) is 2. The van der Waals surface area contributed by atoms with E-state index in [1.807, 2.05) is 12.1 Å². The van der Waals surface area contributed by atoms with Crippen molar-refractivity contribution in [2.45, 2.75) is 44.9 Å². The highest BCUT2D eigenvalue weighted by molar-refractivity contribution is 6.31. The van der Waals surface area contributed by atoms with Crippen LogP contribution in [0.5, 0.6) is 5.75 Å². The van der Waals surface area contributed by atoms with Crippen LogP contribution in [0.15, 0.2) is 18.2 Å². The lowest BCUT2D eigenvalue weighted by molar-refractivity contribution is -0.109. The van der Waals surface area contributed by atoms with Crippen molar-refractivity contribution in [1.82, 2.24) is 0 Å². The molecule has 1 aliphatic heterocycles. The van der Waals surface area contributed by atoms with Crippen LogP contribution in [-0.4, -0.2) is 39.7 Å². The molecule has 2 fully saturated rings. The Labute approximate surface area is 161 Å². The van der Waals surface area contributed by atoms with E-state index in [1.165, 1.54) is 38.5 Å². The van der Waals surface area contributed by atoms with E-state index in [2.05, 4.69) is 11.0 Å². The summed E-state index contributed by atoms with van der Waals surface area (Å²) in [7, 11) is 1.67. The second-order valence-corrected chi connectivity index (χ2v) is 8.26. The number of benzene rings is 1. The lowest BCUT2D eigenvalue weighted by Crippen LogP contribution is -2.42. The van der Waals surface area contributed by atoms with E-state index in [0.29, 0.717) is 29.6 Å². The van der Waals surface area contributed by atoms with Crippen LogP contribution in [0, 0.1) is 11.3 Å². The highest BCUT2D eigenvalue weighted by atomic mass is 35.5. The summed E-state index contributed by atoms with van der Waals surface area (Å²) in [6.45, 7) is 3.23. The Hall–Kier alpha value is -1.26. The predicted molar refractivity (Wildman–Crippen MR) is 105 cm³/mol. The number of aldehydes is 1. The van der Waals surface area contributed by atoms with Crippen molar-refractivity contribution in [1.29, 1.82) is 0 Å². The minimum atomic E-state index is 0.492. The minimum absolute atomic E-state index is 0.492. The van der Waals surface area contributed by atoms with E-state index in [1.54, 1.807) is 7.11 Å². The number of hydrogen-bond donors (Lipinski definition) is 0. The molecule has 1 saturated heterocycles. The van der Waals surface area contributed by atoms with Crippen LogP contribution in [-0.2, 0) is 9.53 Å². The summed E-state index contributed by atoms with van der Waals surface area (Å²) in [5, 5.41) is 0.713. The number of nitrogens with zero attached hydrogens (tertiary/aromatic N) is 1. The molecule has 1 aliphatic carbocycles. The number of rotatable bonds is 7. The summed E-state index contributed by atoms with van der Waals surface area (Å²) in [6.07, 6.45) is 9.29. The Morgan fingerprint density at radius 1 is 1.15 bits per heavy atom. The van der Waals surface area contributed by atoms with E-state index in [-0.39, 0.29) is 0 Å². The molecule has 5 heteroatoms. The summed E-state index contributed by atoms with van der Waals surface area (Å²) >= 11 is 6.30. The first-order valence-electron chi connectivity index (χ1n) is 9.75. The van der Waals surface area contributed by atoms with Crippen LogP contribution >= 0.6 is 11.6 Å². The van der Waals surface area contributed by atoms with Gasteiger partial charge in [0.25, 0.3) is 0 Å². The highest BCUT2D eigenvalue weighted by Crippen LogP contribution is 2.47. The molecule has 0 atom stereocenters. The maximum atomic E-state index is 10.7. The van der Waals surface area contributed by atoms with Crippen molar-refractivity contribution in [3.8, 4) is 5.75 Å². The van der Waals surface area contributed by atoms with Gasteiger partial charge in [0, 0.05) is 43.4 Å². The molecular weight excluding hydrogens is 350 g/mol. The smallest absolute Gasteiger partial charge is 0.122 e. The number of carbonyl (C=O) groups is 1. The van der Waals surface area contributed by atoms with Gasteiger partial charge in [0.15, 0.2) is 0 Å². The maximum Gasteiger partial charge on any atom is 0.122 e. The number of methoxy groups -OCH3 is 1. The van der Waals surface area contributed by atoms with Gasteiger partial charge in [-0.1, -0.05) is 11.6 Å². The first kappa shape index (κ1) is 19.5. The summed E-state index contributed by atoms with van der Waals surface area (Å²) in [5.74, 6) is 1.43. The van der Waals surface area contributed by atoms with Crippen LogP contribution in [0.25, 0.3) is 0 Å². The van der Waals surface area contributed by atoms with E-state index in [0.717, 1.165) is 37.2 Å². The van der Waals surface area contributed by atoms with Gasteiger partial charge in [-0.15, -0.1) is 0 Å². The van der Waals surface area contributed by atoms with Gasteiger partial charge in [0.1, 0.15) is 18.6 Å². The molecule has 0 radical (unpaired) electrons. The molecule has 0 unspecified atom stereocenters. The van der Waals surface area contributed by atoms with Gasteiger partial charge in [-0.2, -0.15) is 0 Å². The molecule has 0 amide bonds. The van der Waals surface area contributed by atoms with Gasteiger partial charge in [0.2, 0.25) is 0 Å². The molecular formula is C21H30ClNO3. The zero-order chi connectivity index (χ0) is 18.4. The maximum absolute atomic E-state index is 10.7. The third-order valence-electron chi connectivity index (χ3n) is 6.20. The summed E-state index contributed by atoms with van der Waals surface area (Å²) < 4.78 is 10.8. The average molecular weight is 380 g/mol. The Morgan fingerprint density at radius 3 is 2.54 bits per heavy atom. The molecule has 1 aromatic rings. The molecule has 1 aromatic carbocycles. The number of piperidine rings is 1. The van der Waals surface area contributed by atoms with Crippen LogP contribution in [0.4, 0.5) is 5.69 Å². The Balaban J connectivity index is 1.57. The fourth-order valence-corrected chi connectivity index (χ4v) is 4.68. The highest BCUT2D eigenvalue weighted by Gasteiger charge is 2.38. The van der Waals surface area contributed by atoms with Crippen LogP contribution in [0.2, 0.25) is 5.02 Å². The second kappa shape index (κ2) is 9.09. The Morgan fingerprint density at radius 2 is 1.88 bits per heavy atom. The van der Waals surface area contributed by atoms with Gasteiger partial charge in [-0.25, -0.2) is 0 Å². The second-order valence-electron chi connectivity index (χ2n) is 7.82. The third kappa shape index (κ3) is 4.92. The minimum Gasteiger partial charge on any atom is -0.491 e. The van der Waals surface area contributed by atoms with Crippen LogP contribution < -0.4 is 9.64 Å². The van der Waals surface area contributed by atoms with Gasteiger partial charge >= 0.3 is 0 Å². The topological polar surface area (TPSA) is 38.8 Å². The third-order valence-corrected chi connectivity index (χ3v) is 6.42. The standard InChI is InChI=1S/C21H30ClNO3/c1-25-12-13-26-20-15-18(22)14-19(16-20)23-9-7-21(8-10-23)5-2-17(3-6-21)4-11-24/h11,14-17H,2-10,12-13H2,1H3. The molecule has 26 heavy (non-hydrogen) atoms. The van der Waals surface area contributed by atoms with Crippen LogP contribution in [0.1, 0.15) is 44.9 Å². The fraction of sp³-hybridized carbons (Fsp3) is 0.667. The molecule has 1 heterocycles. The summed E-state index contributed by atoms with van der Waals surface area (Å²) in [6, 6.07) is 5.98. The van der Waals surface area contributed by atoms with Crippen molar-refractivity contribution in [3.63, 3.8) is 0 Å². The van der Waals surface area contributed by atoms with E-state index >= 15 is 0 Å². The average Bonchev–Trinajstić information content (AvgIpc) is 2.64. The summed E-state index contributed by atoms with van der Waals surface area (Å²) in [5.41, 5.74) is 1.64. The SMILES string of the molecule is COCCOc1cc(Cl)cc(N2CCC3(CCC(CC=O)CC3)CC2)c1. The molecule has 144 valence electrons. The zero-order valence-electron chi connectivity index (χ0n) is 15.7. The predicted octanol–water partition coefficient (Wildman–Crippen LogP) is 4.73. The number of carbonyl (C=O) groups excluding carboxylic acids is 1. The molecule has 1 spiro atoms. The zero-order valence-corrected chi connectivity index (χ0v) is 16.5. The quantitative estimate of drug-likeness (QED) is 0.507. The molecule has 2 aliphatic rings. The van der Waals surface area contributed by atoms with E-state index in [9.17, 15) is 4.79 Å². The van der Waals surface area contributed by atoms with Crippen LogP contribution in [0.3, 0.4) is 0 Å². The Bertz CT molecular complexity index is 589. The first-order valence-corrected chi connectivity index (χ1v) is 10.1. The van der Waals surface area contributed by atoms with Crippen molar-refractivity contribution >= 4 is 23.6 Å². The van der Waals surface area contributed by atoms with Gasteiger partial charge in [0.05, 0.1) is 6.61 Å². The molecule has 0 N–H and O–H groups in total. The van der Waals surface area contributed by atoms with E-state index in [4.69, 9.17) is 21.1 Å². The molecule has 3 rings (SSSR count). The van der Waals surface area contributed by atoms with Crippen molar-refractivity contribution in [3.05, 3.63) is 23.2 Å². The molecule has 1 saturated carbocycles. The fourth-order valence-electron chi connectivity index (χ4n) is 4.46. The monoisotopic (exact) mass is 379 g/mol. The normalized spacial score (nSPS) is 20.3.